The van der Waals surface area contributed by atoms with Crippen LogP contribution >= 0.6 is 0 Å². The van der Waals surface area contributed by atoms with Crippen molar-refractivity contribution in [1.29, 1.82) is 0 Å². The zero-order valence-corrected chi connectivity index (χ0v) is 10.3. The van der Waals surface area contributed by atoms with Gasteiger partial charge < -0.3 is 14.8 Å². The smallest absolute Gasteiger partial charge is 0.339 e. The molecule has 1 heterocycles. The molecule has 0 atom stereocenters. The predicted molar refractivity (Wildman–Crippen MR) is 71.7 cm³/mol. The van der Waals surface area contributed by atoms with E-state index in [4.69, 9.17) is 9.84 Å². The van der Waals surface area contributed by atoms with Gasteiger partial charge in [-0.3, -0.25) is 0 Å². The van der Waals surface area contributed by atoms with Crippen LogP contribution in [-0.4, -0.2) is 16.1 Å². The molecular formula is C15H10FNO3. The van der Waals surface area contributed by atoms with Gasteiger partial charge in [0.25, 0.3) is 0 Å². The van der Waals surface area contributed by atoms with Crippen molar-refractivity contribution in [2.45, 2.75) is 0 Å². The Morgan fingerprint density at radius 1 is 1.15 bits per heavy atom. The Labute approximate surface area is 113 Å². The molecular weight excluding hydrogens is 261 g/mol. The molecule has 0 spiro atoms. The Morgan fingerprint density at radius 2 is 2.00 bits per heavy atom. The number of halogens is 1. The molecule has 0 aliphatic heterocycles. The molecule has 3 aromatic rings. The van der Waals surface area contributed by atoms with Crippen molar-refractivity contribution in [2.75, 3.05) is 0 Å². The molecule has 5 heteroatoms. The minimum absolute atomic E-state index is 0.0220. The van der Waals surface area contributed by atoms with Gasteiger partial charge in [-0.2, -0.15) is 0 Å². The van der Waals surface area contributed by atoms with Gasteiger partial charge in [-0.05, 0) is 30.3 Å². The first-order valence-electron chi connectivity index (χ1n) is 5.92. The number of nitrogens with one attached hydrogen (secondary N) is 1. The van der Waals surface area contributed by atoms with Gasteiger partial charge in [0.1, 0.15) is 22.9 Å². The summed E-state index contributed by atoms with van der Waals surface area (Å²) in [5, 5.41) is 9.90. The van der Waals surface area contributed by atoms with Crippen LogP contribution in [0.1, 0.15) is 10.4 Å². The van der Waals surface area contributed by atoms with Crippen LogP contribution in [-0.2, 0) is 0 Å². The SMILES string of the molecule is O=C(O)c1ccc(F)cc1Oc1cccc2[nH]ccc12. The van der Waals surface area contributed by atoms with Gasteiger partial charge in [0.05, 0.1) is 0 Å². The van der Waals surface area contributed by atoms with E-state index in [2.05, 4.69) is 4.98 Å². The van der Waals surface area contributed by atoms with Crippen molar-refractivity contribution < 1.29 is 19.0 Å². The molecule has 0 fully saturated rings. The molecule has 0 aliphatic carbocycles. The number of aromatic amines is 1. The van der Waals surface area contributed by atoms with E-state index in [1.807, 2.05) is 12.1 Å². The Hall–Kier alpha value is -2.82. The van der Waals surface area contributed by atoms with Crippen molar-refractivity contribution >= 4 is 16.9 Å². The van der Waals surface area contributed by atoms with Gasteiger partial charge in [0, 0.05) is 23.2 Å². The lowest BCUT2D eigenvalue weighted by molar-refractivity contribution is 0.0694. The third-order valence-corrected chi connectivity index (χ3v) is 2.95. The molecule has 3 rings (SSSR count). The fourth-order valence-electron chi connectivity index (χ4n) is 2.02. The summed E-state index contributed by atoms with van der Waals surface area (Å²) < 4.78 is 18.9. The lowest BCUT2D eigenvalue weighted by Gasteiger charge is -2.09. The summed E-state index contributed by atoms with van der Waals surface area (Å²) in [6, 6.07) is 10.5. The van der Waals surface area contributed by atoms with Crippen LogP contribution in [0.25, 0.3) is 10.9 Å². The number of aromatic nitrogens is 1. The average molecular weight is 271 g/mol. The molecule has 4 nitrogen and oxygen atoms in total. The van der Waals surface area contributed by atoms with Crippen molar-refractivity contribution in [1.82, 2.24) is 4.98 Å². The predicted octanol–water partition coefficient (Wildman–Crippen LogP) is 3.80. The molecule has 0 unspecified atom stereocenters. The van der Waals surface area contributed by atoms with Gasteiger partial charge >= 0.3 is 5.97 Å². The third-order valence-electron chi connectivity index (χ3n) is 2.95. The number of fused-ring (bicyclic) bond motifs is 1. The first-order valence-corrected chi connectivity index (χ1v) is 5.92. The van der Waals surface area contributed by atoms with Crippen LogP contribution in [0.5, 0.6) is 11.5 Å². The van der Waals surface area contributed by atoms with E-state index in [0.29, 0.717) is 5.75 Å². The van der Waals surface area contributed by atoms with Crippen LogP contribution in [0.4, 0.5) is 4.39 Å². The van der Waals surface area contributed by atoms with Crippen molar-refractivity contribution in [3.05, 3.63) is 60.0 Å². The fraction of sp³-hybridized carbons (Fsp3) is 0. The first-order chi connectivity index (χ1) is 9.65. The Balaban J connectivity index is 2.09. The molecule has 0 bridgehead atoms. The number of H-pyrrole nitrogens is 1. The van der Waals surface area contributed by atoms with Gasteiger partial charge in [-0.1, -0.05) is 6.07 Å². The third kappa shape index (κ3) is 2.09. The highest BCUT2D eigenvalue weighted by molar-refractivity contribution is 5.91. The fourth-order valence-corrected chi connectivity index (χ4v) is 2.02. The normalized spacial score (nSPS) is 10.7. The second kappa shape index (κ2) is 4.70. The van der Waals surface area contributed by atoms with Crippen molar-refractivity contribution in [3.63, 3.8) is 0 Å². The largest absolute Gasteiger partial charge is 0.478 e. The maximum absolute atomic E-state index is 13.3. The lowest BCUT2D eigenvalue weighted by Crippen LogP contribution is -2.00. The second-order valence-electron chi connectivity index (χ2n) is 4.24. The lowest BCUT2D eigenvalue weighted by atomic mass is 10.2. The summed E-state index contributed by atoms with van der Waals surface area (Å²) in [6.07, 6.45) is 1.75. The number of hydrogen-bond acceptors (Lipinski definition) is 2. The van der Waals surface area contributed by atoms with Gasteiger partial charge in [-0.25, -0.2) is 9.18 Å². The highest BCUT2D eigenvalue weighted by Gasteiger charge is 2.14. The summed E-state index contributed by atoms with van der Waals surface area (Å²) >= 11 is 0. The molecule has 0 amide bonds. The second-order valence-corrected chi connectivity index (χ2v) is 4.24. The van der Waals surface area contributed by atoms with Crippen LogP contribution in [0.15, 0.2) is 48.7 Å². The van der Waals surface area contributed by atoms with Gasteiger partial charge in [-0.15, -0.1) is 0 Å². The molecule has 2 aromatic carbocycles. The number of carboxylic acids is 1. The summed E-state index contributed by atoms with van der Waals surface area (Å²) in [7, 11) is 0. The molecule has 0 aliphatic rings. The molecule has 0 radical (unpaired) electrons. The van der Waals surface area contributed by atoms with Crippen molar-refractivity contribution in [3.8, 4) is 11.5 Å². The van der Waals surface area contributed by atoms with E-state index in [1.54, 1.807) is 18.3 Å². The van der Waals surface area contributed by atoms with Crippen LogP contribution in [0.3, 0.4) is 0 Å². The standard InChI is InChI=1S/C15H10FNO3/c16-9-4-5-11(15(18)19)14(8-9)20-13-3-1-2-12-10(13)6-7-17-12/h1-8,17H,(H,18,19). The number of aromatic carboxylic acids is 1. The Morgan fingerprint density at radius 3 is 2.80 bits per heavy atom. The maximum atomic E-state index is 13.3. The van der Waals surface area contributed by atoms with E-state index >= 15 is 0 Å². The molecule has 1 aromatic heterocycles. The summed E-state index contributed by atoms with van der Waals surface area (Å²) in [6.45, 7) is 0. The highest BCUT2D eigenvalue weighted by Crippen LogP contribution is 2.31. The van der Waals surface area contributed by atoms with Gasteiger partial charge in [0.2, 0.25) is 0 Å². The summed E-state index contributed by atoms with van der Waals surface area (Å²) in [5.74, 6) is -1.27. The molecule has 20 heavy (non-hydrogen) atoms. The first kappa shape index (κ1) is 12.2. The zero-order valence-electron chi connectivity index (χ0n) is 10.3. The van der Waals surface area contributed by atoms with Gasteiger partial charge in [0.15, 0.2) is 0 Å². The Kier molecular flexibility index (Phi) is 2.87. The van der Waals surface area contributed by atoms with E-state index in [0.717, 1.165) is 23.0 Å². The minimum atomic E-state index is -1.17. The monoisotopic (exact) mass is 271 g/mol. The average Bonchev–Trinajstić information content (AvgIpc) is 2.88. The summed E-state index contributed by atoms with van der Waals surface area (Å²) in [5.41, 5.74) is 0.773. The molecule has 0 saturated heterocycles. The number of carbonyl (C=O) groups is 1. The van der Waals surface area contributed by atoms with E-state index in [9.17, 15) is 9.18 Å². The number of benzene rings is 2. The quantitative estimate of drug-likeness (QED) is 0.761. The van der Waals surface area contributed by atoms with E-state index < -0.39 is 11.8 Å². The van der Waals surface area contributed by atoms with Crippen LogP contribution < -0.4 is 4.74 Å². The topological polar surface area (TPSA) is 62.3 Å². The number of ether oxygens (including phenoxy) is 1. The Bertz CT molecular complexity index is 795. The van der Waals surface area contributed by atoms with E-state index in [1.165, 1.54) is 6.07 Å². The molecule has 100 valence electrons. The highest BCUT2D eigenvalue weighted by atomic mass is 19.1. The number of hydrogen-bond donors (Lipinski definition) is 2. The maximum Gasteiger partial charge on any atom is 0.339 e. The van der Waals surface area contributed by atoms with Crippen LogP contribution in [0, 0.1) is 5.82 Å². The zero-order chi connectivity index (χ0) is 14.1. The summed E-state index contributed by atoms with van der Waals surface area (Å²) in [4.78, 5) is 14.2. The van der Waals surface area contributed by atoms with Crippen LogP contribution in [0.2, 0.25) is 0 Å². The number of carboxylic acid groups (broad SMARTS) is 1. The van der Waals surface area contributed by atoms with Crippen molar-refractivity contribution in [2.24, 2.45) is 0 Å². The molecule has 2 N–H and O–H groups in total. The van der Waals surface area contributed by atoms with E-state index in [-0.39, 0.29) is 11.3 Å². The number of rotatable bonds is 3. The minimum Gasteiger partial charge on any atom is -0.478 e. The molecule has 0 saturated carbocycles.